The maximum Gasteiger partial charge on any atom is 0.125 e. The molecule has 0 saturated heterocycles. The highest BCUT2D eigenvalue weighted by molar-refractivity contribution is 5.46. The Labute approximate surface area is 103 Å². The van der Waals surface area contributed by atoms with Crippen LogP contribution in [0.5, 0.6) is 11.5 Å². The number of rotatable bonds is 5. The van der Waals surface area contributed by atoms with Crippen molar-refractivity contribution < 1.29 is 9.47 Å². The fourth-order valence-electron chi connectivity index (χ4n) is 2.13. The van der Waals surface area contributed by atoms with Crippen LogP contribution in [0.3, 0.4) is 0 Å². The maximum atomic E-state index is 6.11. The summed E-state index contributed by atoms with van der Waals surface area (Å²) in [6.07, 6.45) is 4.33. The molecule has 1 aliphatic rings. The van der Waals surface area contributed by atoms with Crippen LogP contribution in [-0.4, -0.2) is 19.8 Å². The van der Waals surface area contributed by atoms with Crippen LogP contribution in [0, 0.1) is 6.92 Å². The van der Waals surface area contributed by atoms with Gasteiger partial charge in [0.15, 0.2) is 0 Å². The first-order chi connectivity index (χ1) is 8.08. The largest absolute Gasteiger partial charge is 0.496 e. The van der Waals surface area contributed by atoms with Crippen molar-refractivity contribution in [2.45, 2.75) is 38.1 Å². The van der Waals surface area contributed by atoms with Crippen LogP contribution in [0.15, 0.2) is 12.1 Å². The third kappa shape index (κ3) is 2.72. The van der Waals surface area contributed by atoms with E-state index in [-0.39, 0.29) is 5.54 Å². The Bertz CT molecular complexity index is 411. The maximum absolute atomic E-state index is 6.11. The van der Waals surface area contributed by atoms with Crippen molar-refractivity contribution in [2.75, 3.05) is 14.2 Å². The molecule has 3 nitrogen and oxygen atoms in total. The molecule has 1 aliphatic carbocycles. The zero-order chi connectivity index (χ0) is 12.5. The van der Waals surface area contributed by atoms with Gasteiger partial charge in [-0.05, 0) is 49.8 Å². The fraction of sp³-hybridized carbons (Fsp3) is 0.571. The molecule has 2 rings (SSSR count). The lowest BCUT2D eigenvalue weighted by Gasteiger charge is -2.14. The molecule has 0 aliphatic heterocycles. The van der Waals surface area contributed by atoms with E-state index in [4.69, 9.17) is 15.2 Å². The van der Waals surface area contributed by atoms with E-state index in [1.807, 2.05) is 6.07 Å². The second-order valence-electron chi connectivity index (χ2n) is 5.00. The SMILES string of the molecule is COc1cc(OC)c(CCC2(N)CC2)cc1C. The molecule has 3 heteroatoms. The summed E-state index contributed by atoms with van der Waals surface area (Å²) in [6.45, 7) is 2.05. The quantitative estimate of drug-likeness (QED) is 0.852. The molecule has 0 aromatic heterocycles. The summed E-state index contributed by atoms with van der Waals surface area (Å²) in [5.41, 5.74) is 8.58. The fourth-order valence-corrected chi connectivity index (χ4v) is 2.13. The van der Waals surface area contributed by atoms with Crippen molar-refractivity contribution in [1.29, 1.82) is 0 Å². The van der Waals surface area contributed by atoms with Crippen LogP contribution in [-0.2, 0) is 6.42 Å². The van der Waals surface area contributed by atoms with Gasteiger partial charge in [0.1, 0.15) is 11.5 Å². The summed E-state index contributed by atoms with van der Waals surface area (Å²) < 4.78 is 10.7. The van der Waals surface area contributed by atoms with Gasteiger partial charge in [0.05, 0.1) is 14.2 Å². The summed E-state index contributed by atoms with van der Waals surface area (Å²) in [7, 11) is 3.38. The molecule has 1 saturated carbocycles. The Morgan fingerprint density at radius 3 is 2.35 bits per heavy atom. The first-order valence-electron chi connectivity index (χ1n) is 6.08. The summed E-state index contributed by atoms with van der Waals surface area (Å²) in [4.78, 5) is 0. The lowest BCUT2D eigenvalue weighted by molar-refractivity contribution is 0.388. The van der Waals surface area contributed by atoms with Gasteiger partial charge in [0, 0.05) is 11.6 Å². The number of hydrogen-bond acceptors (Lipinski definition) is 3. The molecule has 0 amide bonds. The van der Waals surface area contributed by atoms with Crippen LogP contribution in [0.25, 0.3) is 0 Å². The number of nitrogens with two attached hydrogens (primary N) is 1. The van der Waals surface area contributed by atoms with Crippen LogP contribution in [0.1, 0.15) is 30.4 Å². The topological polar surface area (TPSA) is 44.5 Å². The van der Waals surface area contributed by atoms with Crippen molar-refractivity contribution in [1.82, 2.24) is 0 Å². The monoisotopic (exact) mass is 235 g/mol. The lowest BCUT2D eigenvalue weighted by atomic mass is 10.0. The van der Waals surface area contributed by atoms with Crippen molar-refractivity contribution in [3.63, 3.8) is 0 Å². The molecule has 0 unspecified atom stereocenters. The van der Waals surface area contributed by atoms with E-state index in [0.29, 0.717) is 0 Å². The zero-order valence-electron chi connectivity index (χ0n) is 10.9. The first kappa shape index (κ1) is 12.2. The number of aryl methyl sites for hydroxylation is 2. The molecule has 17 heavy (non-hydrogen) atoms. The molecule has 0 radical (unpaired) electrons. The highest BCUT2D eigenvalue weighted by Gasteiger charge is 2.37. The number of benzene rings is 1. The molecule has 2 N–H and O–H groups in total. The minimum atomic E-state index is 0.0961. The highest BCUT2D eigenvalue weighted by Crippen LogP contribution is 2.38. The van der Waals surface area contributed by atoms with E-state index in [1.165, 1.54) is 5.56 Å². The first-order valence-corrected chi connectivity index (χ1v) is 6.08. The number of methoxy groups -OCH3 is 2. The molecule has 94 valence electrons. The summed E-state index contributed by atoms with van der Waals surface area (Å²) in [6, 6.07) is 4.10. The van der Waals surface area contributed by atoms with Gasteiger partial charge in [0.25, 0.3) is 0 Å². The summed E-state index contributed by atoms with van der Waals surface area (Å²) >= 11 is 0. The molecule has 0 spiro atoms. The average Bonchev–Trinajstić information content (AvgIpc) is 3.05. The Morgan fingerprint density at radius 1 is 1.18 bits per heavy atom. The van der Waals surface area contributed by atoms with Crippen molar-refractivity contribution >= 4 is 0 Å². The zero-order valence-corrected chi connectivity index (χ0v) is 10.9. The third-order valence-electron chi connectivity index (χ3n) is 3.58. The smallest absolute Gasteiger partial charge is 0.125 e. The van der Waals surface area contributed by atoms with Gasteiger partial charge < -0.3 is 15.2 Å². The van der Waals surface area contributed by atoms with Crippen LogP contribution in [0.4, 0.5) is 0 Å². The minimum absolute atomic E-state index is 0.0961. The molecule has 1 fully saturated rings. The predicted molar refractivity (Wildman–Crippen MR) is 68.8 cm³/mol. The van der Waals surface area contributed by atoms with E-state index in [0.717, 1.165) is 42.7 Å². The Hall–Kier alpha value is -1.22. The van der Waals surface area contributed by atoms with E-state index >= 15 is 0 Å². The number of hydrogen-bond donors (Lipinski definition) is 1. The average molecular weight is 235 g/mol. The highest BCUT2D eigenvalue weighted by atomic mass is 16.5. The van der Waals surface area contributed by atoms with E-state index < -0.39 is 0 Å². The second kappa shape index (κ2) is 4.57. The Kier molecular flexibility index (Phi) is 3.29. The van der Waals surface area contributed by atoms with Gasteiger partial charge in [-0.25, -0.2) is 0 Å². The Balaban J connectivity index is 2.16. The molecular formula is C14H21NO2. The molecule has 0 heterocycles. The summed E-state index contributed by atoms with van der Waals surface area (Å²) in [5, 5.41) is 0. The van der Waals surface area contributed by atoms with Crippen molar-refractivity contribution in [3.8, 4) is 11.5 Å². The number of ether oxygens (including phenoxy) is 2. The van der Waals surface area contributed by atoms with Gasteiger partial charge in [-0.2, -0.15) is 0 Å². The second-order valence-corrected chi connectivity index (χ2v) is 5.00. The molecule has 1 aromatic rings. The minimum Gasteiger partial charge on any atom is -0.496 e. The van der Waals surface area contributed by atoms with Gasteiger partial charge in [-0.15, -0.1) is 0 Å². The molecule has 0 bridgehead atoms. The van der Waals surface area contributed by atoms with Gasteiger partial charge >= 0.3 is 0 Å². The Morgan fingerprint density at radius 2 is 1.82 bits per heavy atom. The molecule has 1 aromatic carbocycles. The van der Waals surface area contributed by atoms with E-state index in [2.05, 4.69) is 13.0 Å². The van der Waals surface area contributed by atoms with Gasteiger partial charge in [-0.1, -0.05) is 0 Å². The lowest BCUT2D eigenvalue weighted by Crippen LogP contribution is -2.22. The molecular weight excluding hydrogens is 214 g/mol. The van der Waals surface area contributed by atoms with E-state index in [1.54, 1.807) is 14.2 Å². The van der Waals surface area contributed by atoms with Crippen LogP contribution >= 0.6 is 0 Å². The van der Waals surface area contributed by atoms with Gasteiger partial charge in [0.2, 0.25) is 0 Å². The van der Waals surface area contributed by atoms with E-state index in [9.17, 15) is 0 Å². The normalized spacial score (nSPS) is 16.7. The van der Waals surface area contributed by atoms with Crippen LogP contribution < -0.4 is 15.2 Å². The van der Waals surface area contributed by atoms with Crippen molar-refractivity contribution in [2.24, 2.45) is 5.73 Å². The summed E-state index contributed by atoms with van der Waals surface area (Å²) in [5.74, 6) is 1.77. The van der Waals surface area contributed by atoms with Crippen molar-refractivity contribution in [3.05, 3.63) is 23.3 Å². The predicted octanol–water partition coefficient (Wildman–Crippen LogP) is 2.44. The van der Waals surface area contributed by atoms with Crippen LogP contribution in [0.2, 0.25) is 0 Å². The van der Waals surface area contributed by atoms with Gasteiger partial charge in [-0.3, -0.25) is 0 Å². The molecule has 0 atom stereocenters. The standard InChI is InChI=1S/C14H21NO2/c1-10-8-11(4-5-14(15)6-7-14)13(17-3)9-12(10)16-2/h8-9H,4-7,15H2,1-3H3. The third-order valence-corrected chi connectivity index (χ3v) is 3.58.